The zero-order valence-corrected chi connectivity index (χ0v) is 14.1. The molecule has 0 radical (unpaired) electrons. The van der Waals surface area contributed by atoms with E-state index in [0.29, 0.717) is 5.56 Å². The predicted octanol–water partition coefficient (Wildman–Crippen LogP) is 4.44. The molecule has 0 aliphatic carbocycles. The van der Waals surface area contributed by atoms with Crippen LogP contribution in [0.25, 0.3) is 32.9 Å². The van der Waals surface area contributed by atoms with Gasteiger partial charge in [0.2, 0.25) is 0 Å². The van der Waals surface area contributed by atoms with Gasteiger partial charge in [-0.3, -0.25) is 4.55 Å². The minimum atomic E-state index is -4.08. The van der Waals surface area contributed by atoms with Crippen molar-refractivity contribution in [3.8, 4) is 11.3 Å². The van der Waals surface area contributed by atoms with Gasteiger partial charge in [-0.1, -0.05) is 60.7 Å². The van der Waals surface area contributed by atoms with E-state index >= 15 is 0 Å². The van der Waals surface area contributed by atoms with E-state index in [1.807, 2.05) is 66.7 Å². The first-order valence-electron chi connectivity index (χ1n) is 7.83. The van der Waals surface area contributed by atoms with Crippen molar-refractivity contribution in [2.24, 2.45) is 0 Å². The van der Waals surface area contributed by atoms with Crippen LogP contribution in [0.4, 0.5) is 0 Å². The Hall–Kier alpha value is -2.76. The minimum absolute atomic E-state index is 0.403. The van der Waals surface area contributed by atoms with Crippen molar-refractivity contribution in [2.75, 3.05) is 0 Å². The molecule has 0 unspecified atom stereocenters. The Labute approximate surface area is 145 Å². The molecule has 25 heavy (non-hydrogen) atoms. The average molecular weight is 349 g/mol. The second-order valence-corrected chi connectivity index (χ2v) is 7.40. The smallest absolute Gasteiger partial charge is 0.269 e. The van der Waals surface area contributed by atoms with Crippen LogP contribution < -0.4 is 0 Å². The van der Waals surface area contributed by atoms with Gasteiger partial charge in [0.1, 0.15) is 5.75 Å². The quantitative estimate of drug-likeness (QED) is 0.438. The maximum atomic E-state index is 11.2. The monoisotopic (exact) mass is 349 g/mol. The lowest BCUT2D eigenvalue weighted by Gasteiger charge is -2.11. The van der Waals surface area contributed by atoms with Gasteiger partial charge < -0.3 is 0 Å². The van der Waals surface area contributed by atoms with Crippen LogP contribution in [0.3, 0.4) is 0 Å². The highest BCUT2D eigenvalue weighted by atomic mass is 32.2. The summed E-state index contributed by atoms with van der Waals surface area (Å²) in [6.45, 7) is 0. The van der Waals surface area contributed by atoms with Crippen LogP contribution in [0.2, 0.25) is 0 Å². The Morgan fingerprint density at radius 3 is 2.28 bits per heavy atom. The molecule has 1 aromatic heterocycles. The summed E-state index contributed by atoms with van der Waals surface area (Å²) in [4.78, 5) is 4.81. The lowest BCUT2D eigenvalue weighted by atomic mass is 9.98. The Morgan fingerprint density at radius 2 is 1.52 bits per heavy atom. The molecular formula is C20H15NO3S. The van der Waals surface area contributed by atoms with Crippen LogP contribution in [0.5, 0.6) is 0 Å². The lowest BCUT2D eigenvalue weighted by molar-refractivity contribution is 0.482. The molecule has 0 aliphatic rings. The van der Waals surface area contributed by atoms with Crippen molar-refractivity contribution < 1.29 is 13.0 Å². The molecular weight excluding hydrogens is 334 g/mol. The van der Waals surface area contributed by atoms with Gasteiger partial charge in [-0.25, -0.2) is 4.98 Å². The third-order valence-electron chi connectivity index (χ3n) is 4.16. The molecule has 4 aromatic rings. The summed E-state index contributed by atoms with van der Waals surface area (Å²) in [5.41, 5.74) is 3.25. The van der Waals surface area contributed by atoms with Crippen LogP contribution in [0, 0.1) is 0 Å². The van der Waals surface area contributed by atoms with Crippen LogP contribution in [0.1, 0.15) is 5.56 Å². The van der Waals surface area contributed by atoms with E-state index in [4.69, 9.17) is 9.54 Å². The molecule has 0 atom stereocenters. The third kappa shape index (κ3) is 3.12. The van der Waals surface area contributed by atoms with Gasteiger partial charge in [-0.2, -0.15) is 8.42 Å². The zero-order chi connectivity index (χ0) is 17.4. The van der Waals surface area contributed by atoms with Crippen molar-refractivity contribution in [1.82, 2.24) is 4.98 Å². The number of benzene rings is 3. The first kappa shape index (κ1) is 15.7. The molecule has 0 aliphatic heterocycles. The fourth-order valence-corrected chi connectivity index (χ4v) is 3.72. The second-order valence-electron chi connectivity index (χ2n) is 5.95. The number of nitrogens with zero attached hydrogens (tertiary/aromatic N) is 1. The molecule has 5 heteroatoms. The van der Waals surface area contributed by atoms with E-state index < -0.39 is 15.9 Å². The molecule has 3 aromatic carbocycles. The van der Waals surface area contributed by atoms with Gasteiger partial charge in [-0.05, 0) is 23.1 Å². The summed E-state index contributed by atoms with van der Waals surface area (Å²) >= 11 is 0. The molecule has 4 rings (SSSR count). The highest BCUT2D eigenvalue weighted by Crippen LogP contribution is 2.33. The number of hydrogen-bond acceptors (Lipinski definition) is 3. The van der Waals surface area contributed by atoms with Gasteiger partial charge in [0, 0.05) is 16.3 Å². The molecule has 124 valence electrons. The molecule has 4 nitrogen and oxygen atoms in total. The van der Waals surface area contributed by atoms with E-state index in [-0.39, 0.29) is 0 Å². The van der Waals surface area contributed by atoms with E-state index in [2.05, 4.69) is 0 Å². The summed E-state index contributed by atoms with van der Waals surface area (Å²) < 4.78 is 31.6. The van der Waals surface area contributed by atoms with E-state index in [1.165, 1.54) is 0 Å². The topological polar surface area (TPSA) is 67.3 Å². The molecule has 1 heterocycles. The van der Waals surface area contributed by atoms with Crippen LogP contribution in [0.15, 0.2) is 72.8 Å². The van der Waals surface area contributed by atoms with Gasteiger partial charge in [0.05, 0.1) is 11.2 Å². The second kappa shape index (κ2) is 5.95. The van der Waals surface area contributed by atoms with Crippen molar-refractivity contribution in [2.45, 2.75) is 5.75 Å². The first-order valence-corrected chi connectivity index (χ1v) is 9.44. The van der Waals surface area contributed by atoms with Crippen molar-refractivity contribution in [3.63, 3.8) is 0 Å². The highest BCUT2D eigenvalue weighted by molar-refractivity contribution is 7.85. The standard InChI is InChI=1S/C20H15NO3S/c22-25(23,24)13-14-10-11-17-18(12-14)16-8-4-5-9-19(16)21-20(17)15-6-2-1-3-7-15/h1-12H,13H2,(H,22,23,24). The minimum Gasteiger partial charge on any atom is -0.285 e. The third-order valence-corrected chi connectivity index (χ3v) is 4.86. The van der Waals surface area contributed by atoms with Crippen LogP contribution in [-0.2, 0) is 15.9 Å². The Kier molecular flexibility index (Phi) is 3.75. The largest absolute Gasteiger partial charge is 0.285 e. The van der Waals surface area contributed by atoms with E-state index in [1.54, 1.807) is 6.07 Å². The molecule has 0 spiro atoms. The van der Waals surface area contributed by atoms with Gasteiger partial charge in [0.15, 0.2) is 0 Å². The number of hydrogen-bond donors (Lipinski definition) is 1. The summed E-state index contributed by atoms with van der Waals surface area (Å²) in [5.74, 6) is -0.403. The van der Waals surface area contributed by atoms with Crippen molar-refractivity contribution in [3.05, 3.63) is 78.4 Å². The van der Waals surface area contributed by atoms with Crippen molar-refractivity contribution in [1.29, 1.82) is 0 Å². The molecule has 0 saturated carbocycles. The Bertz CT molecular complexity index is 1190. The number of rotatable bonds is 3. The number of aromatic nitrogens is 1. The fourth-order valence-electron chi connectivity index (χ4n) is 3.12. The molecule has 0 amide bonds. The van der Waals surface area contributed by atoms with E-state index in [9.17, 15) is 8.42 Å². The summed E-state index contributed by atoms with van der Waals surface area (Å²) in [5, 5.41) is 2.82. The normalized spacial score (nSPS) is 11.9. The Balaban J connectivity index is 2.06. The van der Waals surface area contributed by atoms with Gasteiger partial charge >= 0.3 is 0 Å². The summed E-state index contributed by atoms with van der Waals surface area (Å²) in [6.07, 6.45) is 0. The van der Waals surface area contributed by atoms with Crippen LogP contribution in [-0.4, -0.2) is 18.0 Å². The van der Waals surface area contributed by atoms with Crippen molar-refractivity contribution >= 4 is 31.8 Å². The number of fused-ring (bicyclic) bond motifs is 3. The summed E-state index contributed by atoms with van der Waals surface area (Å²) in [6, 6.07) is 23.1. The van der Waals surface area contributed by atoms with Crippen LogP contribution >= 0.6 is 0 Å². The molecule has 0 fully saturated rings. The maximum Gasteiger partial charge on any atom is 0.269 e. The highest BCUT2D eigenvalue weighted by Gasteiger charge is 2.13. The first-order chi connectivity index (χ1) is 12.0. The van der Waals surface area contributed by atoms with Gasteiger partial charge in [0.25, 0.3) is 10.1 Å². The zero-order valence-electron chi connectivity index (χ0n) is 13.3. The predicted molar refractivity (Wildman–Crippen MR) is 99.9 cm³/mol. The number of pyridine rings is 1. The van der Waals surface area contributed by atoms with Gasteiger partial charge in [-0.15, -0.1) is 0 Å². The molecule has 0 bridgehead atoms. The lowest BCUT2D eigenvalue weighted by Crippen LogP contribution is -2.01. The average Bonchev–Trinajstić information content (AvgIpc) is 2.60. The van der Waals surface area contributed by atoms with E-state index in [0.717, 1.165) is 32.9 Å². The number of para-hydroxylation sites is 1. The fraction of sp³-hybridized carbons (Fsp3) is 0.0500. The molecule has 0 saturated heterocycles. The Morgan fingerprint density at radius 1 is 0.800 bits per heavy atom. The SMILES string of the molecule is O=S(=O)(O)Cc1ccc2c(-c3ccccc3)nc3ccccc3c2c1. The summed E-state index contributed by atoms with van der Waals surface area (Å²) in [7, 11) is -4.08. The molecule has 1 N–H and O–H groups in total. The maximum absolute atomic E-state index is 11.2.